The van der Waals surface area contributed by atoms with Gasteiger partial charge >= 0.3 is 0 Å². The Bertz CT molecular complexity index is 1190. The lowest BCUT2D eigenvalue weighted by Crippen LogP contribution is -2.29. The molecule has 2 aromatic carbocycles. The third-order valence-electron chi connectivity index (χ3n) is 5.35. The maximum absolute atomic E-state index is 12.7. The van der Waals surface area contributed by atoms with Gasteiger partial charge in [0.25, 0.3) is 5.91 Å². The molecule has 0 unspecified atom stereocenters. The Morgan fingerprint density at radius 1 is 1.09 bits per heavy atom. The number of carbonyl (C=O) groups is 2. The van der Waals surface area contributed by atoms with Crippen LogP contribution in [0.25, 0.3) is 0 Å². The third kappa shape index (κ3) is 6.14. The highest BCUT2D eigenvalue weighted by Crippen LogP contribution is 2.24. The number of allylic oxidation sites excluding steroid dienone is 1. The van der Waals surface area contributed by atoms with Crippen molar-refractivity contribution < 1.29 is 9.59 Å². The molecule has 8 heteroatoms. The molecule has 0 aliphatic rings. The lowest BCUT2D eigenvalue weighted by molar-refractivity contribution is -0.113. The Morgan fingerprint density at radius 3 is 2.44 bits per heavy atom. The SMILES string of the molecule is C=CCn1c(SCC(=O)Nc2c(C)cc(C)cc2C)nnc1[C@H](C)NC(=O)c1cccc(C)c1. The van der Waals surface area contributed by atoms with Gasteiger partial charge in [-0.05, 0) is 57.9 Å². The van der Waals surface area contributed by atoms with E-state index in [2.05, 4.69) is 39.5 Å². The Morgan fingerprint density at radius 2 is 1.79 bits per heavy atom. The van der Waals surface area contributed by atoms with E-state index in [0.29, 0.717) is 23.1 Å². The normalized spacial score (nSPS) is 11.7. The molecule has 2 amide bonds. The van der Waals surface area contributed by atoms with Crippen LogP contribution in [0.15, 0.2) is 54.2 Å². The zero-order chi connectivity index (χ0) is 24.8. The van der Waals surface area contributed by atoms with Crippen molar-refractivity contribution in [2.24, 2.45) is 0 Å². The molecule has 34 heavy (non-hydrogen) atoms. The van der Waals surface area contributed by atoms with Gasteiger partial charge in [-0.2, -0.15) is 0 Å². The first-order chi connectivity index (χ1) is 16.2. The summed E-state index contributed by atoms with van der Waals surface area (Å²) in [6.45, 7) is 14.1. The van der Waals surface area contributed by atoms with Crippen LogP contribution < -0.4 is 10.6 Å². The highest BCUT2D eigenvalue weighted by atomic mass is 32.2. The number of hydrogen-bond acceptors (Lipinski definition) is 5. The van der Waals surface area contributed by atoms with Crippen molar-refractivity contribution >= 4 is 29.3 Å². The van der Waals surface area contributed by atoms with E-state index in [0.717, 1.165) is 27.9 Å². The highest BCUT2D eigenvalue weighted by molar-refractivity contribution is 7.99. The minimum atomic E-state index is -0.374. The largest absolute Gasteiger partial charge is 0.342 e. The topological polar surface area (TPSA) is 88.9 Å². The van der Waals surface area contributed by atoms with E-state index in [1.165, 1.54) is 11.8 Å². The maximum Gasteiger partial charge on any atom is 0.251 e. The van der Waals surface area contributed by atoms with Crippen molar-refractivity contribution in [2.45, 2.75) is 52.4 Å². The number of hydrogen-bond donors (Lipinski definition) is 2. The van der Waals surface area contributed by atoms with Crippen LogP contribution in [0.2, 0.25) is 0 Å². The van der Waals surface area contributed by atoms with E-state index in [1.54, 1.807) is 12.1 Å². The first-order valence-corrected chi connectivity index (χ1v) is 12.1. The molecule has 0 saturated carbocycles. The van der Waals surface area contributed by atoms with Gasteiger partial charge in [0.05, 0.1) is 11.8 Å². The van der Waals surface area contributed by atoms with Crippen LogP contribution in [-0.2, 0) is 11.3 Å². The summed E-state index contributed by atoms with van der Waals surface area (Å²) in [5.41, 5.74) is 5.68. The third-order valence-corrected chi connectivity index (χ3v) is 6.31. The predicted molar refractivity (Wildman–Crippen MR) is 137 cm³/mol. The smallest absolute Gasteiger partial charge is 0.251 e. The highest BCUT2D eigenvalue weighted by Gasteiger charge is 2.21. The standard InChI is InChI=1S/C26H31N5O2S/c1-7-11-31-24(20(6)27-25(33)21-10-8-9-16(2)14-21)29-30-26(31)34-15-22(32)28-23-18(4)12-17(3)13-19(23)5/h7-10,12-14,20H,1,11,15H2,2-6H3,(H,27,33)(H,28,32)/t20-/m0/s1. The second-order valence-electron chi connectivity index (χ2n) is 8.42. The van der Waals surface area contributed by atoms with Crippen LogP contribution in [0.3, 0.4) is 0 Å². The number of nitrogens with one attached hydrogen (secondary N) is 2. The number of benzene rings is 2. The summed E-state index contributed by atoms with van der Waals surface area (Å²) >= 11 is 1.30. The number of rotatable bonds is 9. The van der Waals surface area contributed by atoms with Crippen molar-refractivity contribution in [3.05, 3.63) is 82.7 Å². The van der Waals surface area contributed by atoms with Gasteiger partial charge in [-0.25, -0.2) is 0 Å². The van der Waals surface area contributed by atoms with Crippen LogP contribution in [0.4, 0.5) is 5.69 Å². The molecule has 178 valence electrons. The summed E-state index contributed by atoms with van der Waals surface area (Å²) < 4.78 is 1.87. The van der Waals surface area contributed by atoms with Crippen molar-refractivity contribution in [1.29, 1.82) is 0 Å². The number of amides is 2. The van der Waals surface area contributed by atoms with Crippen molar-refractivity contribution in [1.82, 2.24) is 20.1 Å². The fourth-order valence-electron chi connectivity index (χ4n) is 3.84. The Kier molecular flexibility index (Phi) is 8.28. The minimum absolute atomic E-state index is 0.115. The van der Waals surface area contributed by atoms with Crippen LogP contribution in [0.1, 0.15) is 51.4 Å². The summed E-state index contributed by atoms with van der Waals surface area (Å²) in [4.78, 5) is 25.3. The molecule has 7 nitrogen and oxygen atoms in total. The van der Waals surface area contributed by atoms with Gasteiger partial charge in [0.1, 0.15) is 0 Å². The van der Waals surface area contributed by atoms with Crippen LogP contribution in [-0.4, -0.2) is 32.3 Å². The number of thioether (sulfide) groups is 1. The summed E-state index contributed by atoms with van der Waals surface area (Å²) in [5, 5.41) is 15.2. The lowest BCUT2D eigenvalue weighted by Gasteiger charge is -2.16. The van der Waals surface area contributed by atoms with Gasteiger partial charge in [-0.1, -0.05) is 53.2 Å². The molecule has 0 aliphatic heterocycles. The summed E-state index contributed by atoms with van der Waals surface area (Å²) in [6.07, 6.45) is 1.74. The van der Waals surface area contributed by atoms with Gasteiger partial charge in [0.15, 0.2) is 11.0 Å². The minimum Gasteiger partial charge on any atom is -0.342 e. The fourth-order valence-corrected chi connectivity index (χ4v) is 4.60. The number of aromatic nitrogens is 3. The average Bonchev–Trinajstić information content (AvgIpc) is 3.17. The predicted octanol–water partition coefficient (Wildman–Crippen LogP) is 4.92. The van der Waals surface area contributed by atoms with Crippen LogP contribution >= 0.6 is 11.8 Å². The van der Waals surface area contributed by atoms with Crippen LogP contribution in [0.5, 0.6) is 0 Å². The molecule has 3 aromatic rings. The van der Waals surface area contributed by atoms with Gasteiger partial charge < -0.3 is 15.2 Å². The van der Waals surface area contributed by atoms with Gasteiger partial charge in [0.2, 0.25) is 5.91 Å². The number of aryl methyl sites for hydroxylation is 4. The molecular formula is C26H31N5O2S. The Balaban J connectivity index is 1.69. The number of carbonyl (C=O) groups excluding carboxylic acids is 2. The molecule has 2 N–H and O–H groups in total. The monoisotopic (exact) mass is 477 g/mol. The van der Waals surface area contributed by atoms with Crippen molar-refractivity contribution in [2.75, 3.05) is 11.1 Å². The molecule has 0 saturated heterocycles. The molecule has 1 aromatic heterocycles. The van der Waals surface area contributed by atoms with E-state index in [1.807, 2.05) is 57.4 Å². The Labute approximate surface area is 205 Å². The van der Waals surface area contributed by atoms with Gasteiger partial charge in [-0.3, -0.25) is 9.59 Å². The first-order valence-electron chi connectivity index (χ1n) is 11.1. The Hall–Kier alpha value is -3.39. The average molecular weight is 478 g/mol. The number of nitrogens with zero attached hydrogens (tertiary/aromatic N) is 3. The molecule has 1 atom stereocenters. The molecule has 1 heterocycles. The fraction of sp³-hybridized carbons (Fsp3) is 0.308. The first kappa shape index (κ1) is 25.2. The second kappa shape index (κ2) is 11.2. The quantitative estimate of drug-likeness (QED) is 0.337. The molecule has 3 rings (SSSR count). The molecule has 0 radical (unpaired) electrons. The van der Waals surface area contributed by atoms with Crippen molar-refractivity contribution in [3.63, 3.8) is 0 Å². The maximum atomic E-state index is 12.7. The summed E-state index contributed by atoms with van der Waals surface area (Å²) in [7, 11) is 0. The lowest BCUT2D eigenvalue weighted by atomic mass is 10.1. The van der Waals surface area contributed by atoms with Crippen LogP contribution in [0, 0.1) is 27.7 Å². The van der Waals surface area contributed by atoms with E-state index < -0.39 is 0 Å². The molecule has 0 spiro atoms. The molecular weight excluding hydrogens is 446 g/mol. The summed E-state index contributed by atoms with van der Waals surface area (Å²) in [6, 6.07) is 11.1. The van der Waals surface area contributed by atoms with E-state index in [-0.39, 0.29) is 23.6 Å². The van der Waals surface area contributed by atoms with E-state index in [9.17, 15) is 9.59 Å². The van der Waals surface area contributed by atoms with Crippen molar-refractivity contribution in [3.8, 4) is 0 Å². The second-order valence-corrected chi connectivity index (χ2v) is 9.36. The molecule has 0 bridgehead atoms. The van der Waals surface area contributed by atoms with Gasteiger partial charge in [0, 0.05) is 17.8 Å². The van der Waals surface area contributed by atoms with E-state index >= 15 is 0 Å². The zero-order valence-electron chi connectivity index (χ0n) is 20.3. The molecule has 0 fully saturated rings. The molecule has 0 aliphatic carbocycles. The van der Waals surface area contributed by atoms with Gasteiger partial charge in [-0.15, -0.1) is 16.8 Å². The zero-order valence-corrected chi connectivity index (χ0v) is 21.1. The summed E-state index contributed by atoms with van der Waals surface area (Å²) in [5.74, 6) is 0.498. The van der Waals surface area contributed by atoms with E-state index in [4.69, 9.17) is 0 Å². The number of anilines is 1.